The Morgan fingerprint density at radius 1 is 1.83 bits per heavy atom. The number of esters is 1. The van der Waals surface area contributed by atoms with Gasteiger partial charge in [-0.15, -0.1) is 0 Å². The number of rotatable bonds is 2. The Kier molecular flexibility index (Phi) is 3.46. The molecule has 1 rings (SSSR count). The summed E-state index contributed by atoms with van der Waals surface area (Å²) in [5.74, 6) is -0.300. The molecule has 0 aromatic carbocycles. The molecule has 0 saturated heterocycles. The number of hydrogen-bond acceptors (Lipinski definition) is 4. The highest BCUT2D eigenvalue weighted by atomic mass is 127. The summed E-state index contributed by atoms with van der Waals surface area (Å²) in [5.41, 5.74) is 0.391. The van der Waals surface area contributed by atoms with Gasteiger partial charge in [-0.1, -0.05) is 0 Å². The van der Waals surface area contributed by atoms with E-state index in [1.807, 2.05) is 22.6 Å². The van der Waals surface area contributed by atoms with Crippen molar-refractivity contribution in [2.75, 3.05) is 6.61 Å². The highest BCUT2D eigenvalue weighted by molar-refractivity contribution is 14.1. The topological polar surface area (TPSA) is 52.3 Å². The minimum Gasteiger partial charge on any atom is -0.460 e. The number of hydrogen-bond donors (Lipinski definition) is 0. The van der Waals surface area contributed by atoms with Crippen LogP contribution in [0.1, 0.15) is 17.5 Å². The summed E-state index contributed by atoms with van der Waals surface area (Å²) in [6, 6.07) is 0. The van der Waals surface area contributed by atoms with E-state index >= 15 is 0 Å². The van der Waals surface area contributed by atoms with Crippen molar-refractivity contribution in [2.45, 2.75) is 6.92 Å². The average Bonchev–Trinajstić information content (AvgIpc) is 2.30. The van der Waals surface area contributed by atoms with Crippen LogP contribution in [-0.4, -0.2) is 17.6 Å². The van der Waals surface area contributed by atoms with Gasteiger partial charge in [0.15, 0.2) is 3.70 Å². The summed E-state index contributed by atoms with van der Waals surface area (Å²) in [6.07, 6.45) is 0. The quantitative estimate of drug-likeness (QED) is 0.464. The molecule has 6 heteroatoms. The number of halogens is 1. The third kappa shape index (κ3) is 2.17. The predicted octanol–water partition coefficient (Wildman–Crippen LogP) is 0.956. The number of ether oxygens (including phenoxy) is 1. The van der Waals surface area contributed by atoms with Gasteiger partial charge in [-0.3, -0.25) is 0 Å². The molecule has 12 heavy (non-hydrogen) atoms. The number of nitrogens with zero attached hydrogens (tertiary/aromatic N) is 1. The van der Waals surface area contributed by atoms with Gasteiger partial charge in [-0.2, -0.15) is 0 Å². The van der Waals surface area contributed by atoms with Crippen molar-refractivity contribution in [1.82, 2.24) is 4.98 Å². The molecule has 1 aromatic rings. The van der Waals surface area contributed by atoms with Crippen molar-refractivity contribution in [3.63, 3.8) is 0 Å². The highest BCUT2D eigenvalue weighted by Gasteiger charge is 2.17. The maximum atomic E-state index is 11.1. The summed E-state index contributed by atoms with van der Waals surface area (Å²) < 4.78 is 10.3. The normalized spacial score (nSPS) is 9.92. The van der Waals surface area contributed by atoms with Gasteiger partial charge in [0.05, 0.1) is 6.61 Å². The maximum absolute atomic E-state index is 11.1. The van der Waals surface area contributed by atoms with Crippen LogP contribution in [0, 0.1) is 3.70 Å². The molecule has 0 radical (unpaired) electrons. The fraction of sp³-hybridized carbons (Fsp3) is 0.333. The Morgan fingerprint density at radius 3 is 2.92 bits per heavy atom. The number of carbonyl (C=O) groups is 1. The fourth-order valence-corrected chi connectivity index (χ4v) is 1.72. The Hall–Kier alpha value is -0.160. The molecule has 0 aliphatic heterocycles. The van der Waals surface area contributed by atoms with E-state index in [0.29, 0.717) is 15.9 Å². The van der Waals surface area contributed by atoms with Crippen LogP contribution in [0.3, 0.4) is 0 Å². The van der Waals surface area contributed by atoms with Crippen molar-refractivity contribution < 1.29 is 13.9 Å². The first-order valence-electron chi connectivity index (χ1n) is 3.24. The fourth-order valence-electron chi connectivity index (χ4n) is 0.640. The van der Waals surface area contributed by atoms with E-state index in [4.69, 9.17) is 9.15 Å². The molecule has 4 nitrogen and oxygen atoms in total. The average molecular weight is 299 g/mol. The smallest absolute Gasteiger partial charge is 0.377 e. The molecule has 0 aliphatic carbocycles. The first-order valence-corrected chi connectivity index (χ1v) is 4.89. The lowest BCUT2D eigenvalue weighted by atomic mass is 10.5. The molecule has 1 atom stereocenters. The van der Waals surface area contributed by atoms with E-state index in [1.165, 1.54) is 0 Å². The minimum atomic E-state index is -0.469. The highest BCUT2D eigenvalue weighted by Crippen LogP contribution is 2.10. The van der Waals surface area contributed by atoms with Crippen molar-refractivity contribution in [3.8, 4) is 0 Å². The third-order valence-electron chi connectivity index (χ3n) is 1.06. The SMILES string of the molecule is CCOC(=O)c1oc(P)nc1I. The molecule has 0 bridgehead atoms. The molecule has 0 saturated carbocycles. The summed E-state index contributed by atoms with van der Waals surface area (Å²) in [6.45, 7) is 2.07. The van der Waals surface area contributed by atoms with Crippen LogP contribution in [0.15, 0.2) is 4.42 Å². The van der Waals surface area contributed by atoms with E-state index in [2.05, 4.69) is 14.2 Å². The Balaban J connectivity index is 2.87. The molecule has 66 valence electrons. The molecule has 1 unspecified atom stereocenters. The molecular weight excluding hydrogens is 292 g/mol. The van der Waals surface area contributed by atoms with Gasteiger partial charge in [-0.25, -0.2) is 9.78 Å². The van der Waals surface area contributed by atoms with Crippen LogP contribution in [0.2, 0.25) is 0 Å². The van der Waals surface area contributed by atoms with E-state index < -0.39 is 5.97 Å². The Labute approximate surface area is 85.4 Å². The molecule has 0 fully saturated rings. The lowest BCUT2D eigenvalue weighted by molar-refractivity contribution is 0.0490. The van der Waals surface area contributed by atoms with Gasteiger partial charge in [0, 0.05) is 0 Å². The van der Waals surface area contributed by atoms with Crippen molar-refractivity contribution in [2.24, 2.45) is 0 Å². The van der Waals surface area contributed by atoms with E-state index in [-0.39, 0.29) is 5.76 Å². The standard InChI is InChI=1S/C6H7INO3P/c1-2-10-5(9)3-4(7)8-6(12)11-3/h2,12H2,1H3. The van der Waals surface area contributed by atoms with Crippen LogP contribution in [-0.2, 0) is 4.74 Å². The first kappa shape index (κ1) is 9.92. The van der Waals surface area contributed by atoms with Crippen molar-refractivity contribution in [3.05, 3.63) is 9.46 Å². The van der Waals surface area contributed by atoms with Gasteiger partial charge >= 0.3 is 5.97 Å². The van der Waals surface area contributed by atoms with Crippen molar-refractivity contribution in [1.29, 1.82) is 0 Å². The van der Waals surface area contributed by atoms with Gasteiger partial charge in [0.25, 0.3) is 0 Å². The first-order chi connectivity index (χ1) is 5.65. The van der Waals surface area contributed by atoms with Gasteiger partial charge in [0.2, 0.25) is 11.4 Å². The second kappa shape index (κ2) is 4.18. The maximum Gasteiger partial charge on any atom is 0.377 e. The largest absolute Gasteiger partial charge is 0.460 e. The van der Waals surface area contributed by atoms with Crippen LogP contribution >= 0.6 is 31.8 Å². The van der Waals surface area contributed by atoms with Crippen molar-refractivity contribution >= 4 is 43.4 Å². The number of oxazole rings is 1. The molecule has 1 aromatic heterocycles. The molecule has 0 spiro atoms. The lowest BCUT2D eigenvalue weighted by Gasteiger charge is -1.96. The molecule has 1 heterocycles. The van der Waals surface area contributed by atoms with Gasteiger partial charge < -0.3 is 9.15 Å². The number of aromatic nitrogens is 1. The Morgan fingerprint density at radius 2 is 2.50 bits per heavy atom. The molecule has 0 N–H and O–H groups in total. The number of carbonyl (C=O) groups excluding carboxylic acids is 1. The summed E-state index contributed by atoms with van der Waals surface area (Å²) in [7, 11) is 2.28. The van der Waals surface area contributed by atoms with Gasteiger partial charge in [-0.05, 0) is 38.8 Å². The Bertz CT molecular complexity index is 299. The monoisotopic (exact) mass is 299 g/mol. The second-order valence-corrected chi connectivity index (χ2v) is 3.41. The zero-order valence-corrected chi connectivity index (χ0v) is 9.65. The van der Waals surface area contributed by atoms with Crippen LogP contribution in [0.4, 0.5) is 0 Å². The zero-order valence-electron chi connectivity index (χ0n) is 6.33. The third-order valence-corrected chi connectivity index (χ3v) is 2.04. The second-order valence-electron chi connectivity index (χ2n) is 1.89. The molecule has 0 amide bonds. The van der Waals surface area contributed by atoms with E-state index in [0.717, 1.165) is 0 Å². The van der Waals surface area contributed by atoms with Crippen LogP contribution in [0.25, 0.3) is 0 Å². The van der Waals surface area contributed by atoms with Gasteiger partial charge in [0.1, 0.15) is 0 Å². The summed E-state index contributed by atoms with van der Waals surface area (Å²) >= 11 is 1.92. The van der Waals surface area contributed by atoms with E-state index in [9.17, 15) is 4.79 Å². The van der Waals surface area contributed by atoms with E-state index in [1.54, 1.807) is 6.92 Å². The molecular formula is C6H7INO3P. The predicted molar refractivity (Wildman–Crippen MR) is 54.5 cm³/mol. The minimum absolute atomic E-state index is 0.169. The summed E-state index contributed by atoms with van der Waals surface area (Å²) in [5, 5.41) is 0. The molecule has 0 aliphatic rings. The lowest BCUT2D eigenvalue weighted by Crippen LogP contribution is -2.04. The van der Waals surface area contributed by atoms with Crippen LogP contribution < -0.4 is 5.63 Å². The summed E-state index contributed by atoms with van der Waals surface area (Å²) in [4.78, 5) is 15.0. The zero-order chi connectivity index (χ0) is 9.14. The van der Waals surface area contributed by atoms with Crippen LogP contribution in [0.5, 0.6) is 0 Å².